The maximum Gasteiger partial charge on any atom is 0.264 e. The molecule has 208 valence electrons. The molecule has 0 heterocycles. The molecule has 9 heteroatoms. The van der Waals surface area contributed by atoms with Crippen LogP contribution in [0.4, 0.5) is 5.69 Å². The summed E-state index contributed by atoms with van der Waals surface area (Å²) in [6.45, 7) is 7.50. The van der Waals surface area contributed by atoms with Crippen molar-refractivity contribution in [2.45, 2.75) is 51.6 Å². The van der Waals surface area contributed by atoms with Crippen LogP contribution in [0, 0.1) is 13.8 Å². The highest BCUT2D eigenvalue weighted by Gasteiger charge is 2.32. The Labute approximate surface area is 231 Å². The smallest absolute Gasteiger partial charge is 0.264 e. The van der Waals surface area contributed by atoms with Crippen LogP contribution in [-0.4, -0.2) is 51.4 Å². The first-order valence-corrected chi connectivity index (χ1v) is 14.4. The average molecular weight is 552 g/mol. The maximum atomic E-state index is 13.9. The van der Waals surface area contributed by atoms with Crippen LogP contribution >= 0.6 is 0 Å². The molecule has 0 radical (unpaired) electrons. The number of hydrogen-bond acceptors (Lipinski definition) is 5. The van der Waals surface area contributed by atoms with Gasteiger partial charge in [-0.25, -0.2) is 8.42 Å². The molecule has 0 saturated carbocycles. The summed E-state index contributed by atoms with van der Waals surface area (Å²) in [7, 11) is -2.52. The number of anilines is 1. The van der Waals surface area contributed by atoms with E-state index in [1.807, 2.05) is 32.9 Å². The highest BCUT2D eigenvalue weighted by Crippen LogP contribution is 2.25. The first kappa shape index (κ1) is 29.7. The number of sulfonamides is 1. The first-order valence-electron chi connectivity index (χ1n) is 12.9. The standard InChI is InChI=1S/C30H37N3O5S/c1-6-19-31-30(35)24(4)32(20-25-11-15-27(38-5)16-12-25)29(34)21-33(26-13-7-22(2)8-14-26)39(36,37)28-17-9-23(3)10-18-28/h7-18,24H,6,19-21H2,1-5H3,(H,31,35)/t24-/m1/s1. The SMILES string of the molecule is CCCNC(=O)[C@@H](C)N(Cc1ccc(OC)cc1)C(=O)CN(c1ccc(C)cc1)S(=O)(=O)c1ccc(C)cc1. The van der Waals surface area contributed by atoms with Gasteiger partial charge in [-0.2, -0.15) is 0 Å². The Morgan fingerprint density at radius 2 is 1.46 bits per heavy atom. The van der Waals surface area contributed by atoms with Gasteiger partial charge in [0.15, 0.2) is 0 Å². The van der Waals surface area contributed by atoms with Gasteiger partial charge in [-0.05, 0) is 69.2 Å². The largest absolute Gasteiger partial charge is 0.497 e. The molecule has 3 aromatic rings. The lowest BCUT2D eigenvalue weighted by atomic mass is 10.1. The second-order valence-electron chi connectivity index (χ2n) is 9.50. The van der Waals surface area contributed by atoms with E-state index in [2.05, 4.69) is 5.32 Å². The van der Waals surface area contributed by atoms with Gasteiger partial charge in [0.1, 0.15) is 18.3 Å². The van der Waals surface area contributed by atoms with Gasteiger partial charge in [0, 0.05) is 13.1 Å². The number of rotatable bonds is 12. The molecule has 0 aromatic heterocycles. The van der Waals surface area contributed by atoms with Crippen LogP contribution < -0.4 is 14.4 Å². The summed E-state index contributed by atoms with van der Waals surface area (Å²) in [5.74, 6) is -0.136. The topological polar surface area (TPSA) is 96.0 Å². The van der Waals surface area contributed by atoms with Crippen LogP contribution in [0.2, 0.25) is 0 Å². The summed E-state index contributed by atoms with van der Waals surface area (Å²) in [5, 5.41) is 2.84. The molecule has 1 N–H and O–H groups in total. The monoisotopic (exact) mass is 551 g/mol. The molecule has 0 fully saturated rings. The van der Waals surface area contributed by atoms with E-state index >= 15 is 0 Å². The van der Waals surface area contributed by atoms with Crippen LogP contribution in [0.15, 0.2) is 77.7 Å². The van der Waals surface area contributed by atoms with E-state index < -0.39 is 28.5 Å². The molecule has 0 aliphatic rings. The van der Waals surface area contributed by atoms with Crippen molar-refractivity contribution in [1.29, 1.82) is 0 Å². The molecule has 0 aliphatic carbocycles. The third-order valence-corrected chi connectivity index (χ3v) is 8.23. The van der Waals surface area contributed by atoms with E-state index in [0.29, 0.717) is 18.0 Å². The van der Waals surface area contributed by atoms with E-state index in [9.17, 15) is 18.0 Å². The Balaban J connectivity index is 2.00. The lowest BCUT2D eigenvalue weighted by Gasteiger charge is -2.32. The second-order valence-corrected chi connectivity index (χ2v) is 11.4. The van der Waals surface area contributed by atoms with Crippen molar-refractivity contribution < 1.29 is 22.7 Å². The van der Waals surface area contributed by atoms with Crippen LogP contribution in [0.3, 0.4) is 0 Å². The molecule has 0 saturated heterocycles. The number of methoxy groups -OCH3 is 1. The highest BCUT2D eigenvalue weighted by molar-refractivity contribution is 7.92. The Morgan fingerprint density at radius 3 is 2.00 bits per heavy atom. The predicted molar refractivity (Wildman–Crippen MR) is 153 cm³/mol. The fraction of sp³-hybridized carbons (Fsp3) is 0.333. The first-order chi connectivity index (χ1) is 18.6. The molecule has 0 aliphatic heterocycles. The van der Waals surface area contributed by atoms with Crippen LogP contribution in [0.25, 0.3) is 0 Å². The summed E-state index contributed by atoms with van der Waals surface area (Å²) in [5.41, 5.74) is 3.02. The Hall–Kier alpha value is -3.85. The molecule has 1 atom stereocenters. The fourth-order valence-corrected chi connectivity index (χ4v) is 5.40. The highest BCUT2D eigenvalue weighted by atomic mass is 32.2. The molecule has 0 spiro atoms. The molecule has 0 bridgehead atoms. The van der Waals surface area contributed by atoms with E-state index in [0.717, 1.165) is 27.4 Å². The van der Waals surface area contributed by atoms with Gasteiger partial charge in [-0.15, -0.1) is 0 Å². The zero-order valence-corrected chi connectivity index (χ0v) is 24.0. The van der Waals surface area contributed by atoms with E-state index in [1.165, 1.54) is 17.0 Å². The third-order valence-electron chi connectivity index (χ3n) is 6.44. The van der Waals surface area contributed by atoms with Crippen molar-refractivity contribution >= 4 is 27.5 Å². The normalized spacial score (nSPS) is 11.9. The lowest BCUT2D eigenvalue weighted by molar-refractivity contribution is -0.139. The molecule has 2 amide bonds. The number of nitrogens with one attached hydrogen (secondary N) is 1. The van der Waals surface area contributed by atoms with Crippen LogP contribution in [-0.2, 0) is 26.2 Å². The van der Waals surface area contributed by atoms with E-state index in [1.54, 1.807) is 62.6 Å². The second kappa shape index (κ2) is 13.3. The number of carbonyl (C=O) groups excluding carboxylic acids is 2. The maximum absolute atomic E-state index is 13.9. The zero-order valence-electron chi connectivity index (χ0n) is 23.2. The molecule has 3 rings (SSSR count). The van der Waals surface area contributed by atoms with Gasteiger partial charge in [-0.3, -0.25) is 13.9 Å². The summed E-state index contributed by atoms with van der Waals surface area (Å²) < 4.78 is 34.0. The molecule has 39 heavy (non-hydrogen) atoms. The van der Waals surface area contributed by atoms with Crippen LogP contribution in [0.5, 0.6) is 5.75 Å². The number of aryl methyl sites for hydroxylation is 2. The Kier molecular flexibility index (Phi) is 10.1. The van der Waals surface area contributed by atoms with E-state index in [4.69, 9.17) is 4.74 Å². The average Bonchev–Trinajstić information content (AvgIpc) is 2.93. The summed E-state index contributed by atoms with van der Waals surface area (Å²) >= 11 is 0. The van der Waals surface area contributed by atoms with Gasteiger partial charge in [0.05, 0.1) is 17.7 Å². The van der Waals surface area contributed by atoms with E-state index in [-0.39, 0.29) is 17.3 Å². The van der Waals surface area contributed by atoms with Gasteiger partial charge in [0.2, 0.25) is 11.8 Å². The third kappa shape index (κ3) is 7.60. The quantitative estimate of drug-likeness (QED) is 0.359. The van der Waals surface area contributed by atoms with Gasteiger partial charge < -0.3 is 15.0 Å². The number of nitrogens with zero attached hydrogens (tertiary/aromatic N) is 2. The van der Waals surface area contributed by atoms with Gasteiger partial charge in [-0.1, -0.05) is 54.4 Å². The molecule has 8 nitrogen and oxygen atoms in total. The molecule has 0 unspecified atom stereocenters. The number of carbonyl (C=O) groups is 2. The van der Waals surface area contributed by atoms with Crippen molar-refractivity contribution in [2.75, 3.05) is 24.5 Å². The summed E-state index contributed by atoms with van der Waals surface area (Å²) in [4.78, 5) is 28.3. The van der Waals surface area contributed by atoms with Crippen molar-refractivity contribution in [3.63, 3.8) is 0 Å². The Morgan fingerprint density at radius 1 is 0.897 bits per heavy atom. The van der Waals surface area contributed by atoms with Crippen molar-refractivity contribution in [3.05, 3.63) is 89.5 Å². The lowest BCUT2D eigenvalue weighted by Crippen LogP contribution is -2.51. The minimum atomic E-state index is -4.09. The molecule has 3 aromatic carbocycles. The predicted octanol–water partition coefficient (Wildman–Crippen LogP) is 4.45. The van der Waals surface area contributed by atoms with Crippen molar-refractivity contribution in [1.82, 2.24) is 10.2 Å². The summed E-state index contributed by atoms with van der Waals surface area (Å²) in [6, 6.07) is 19.8. The minimum Gasteiger partial charge on any atom is -0.497 e. The number of benzene rings is 3. The van der Waals surface area contributed by atoms with Crippen LogP contribution in [0.1, 0.15) is 37.0 Å². The number of amides is 2. The van der Waals surface area contributed by atoms with Crippen molar-refractivity contribution in [2.24, 2.45) is 0 Å². The summed E-state index contributed by atoms with van der Waals surface area (Å²) in [6.07, 6.45) is 0.751. The Bertz CT molecular complexity index is 1360. The molecular formula is C30H37N3O5S. The zero-order chi connectivity index (χ0) is 28.6. The number of ether oxygens (including phenoxy) is 1. The minimum absolute atomic E-state index is 0.0805. The number of hydrogen-bond donors (Lipinski definition) is 1. The van der Waals surface area contributed by atoms with Gasteiger partial charge >= 0.3 is 0 Å². The fourth-order valence-electron chi connectivity index (χ4n) is 3.98. The van der Waals surface area contributed by atoms with Gasteiger partial charge in [0.25, 0.3) is 10.0 Å². The molecular weight excluding hydrogens is 514 g/mol. The van der Waals surface area contributed by atoms with Crippen molar-refractivity contribution in [3.8, 4) is 5.75 Å².